The summed E-state index contributed by atoms with van der Waals surface area (Å²) in [6.07, 6.45) is 9.73. The van der Waals surface area contributed by atoms with Crippen molar-refractivity contribution in [2.24, 2.45) is 5.41 Å². The highest BCUT2D eigenvalue weighted by molar-refractivity contribution is 7.15. The minimum atomic E-state index is 0.0636. The Kier molecular flexibility index (Phi) is 4.82. The lowest BCUT2D eigenvalue weighted by molar-refractivity contribution is 0.144. The molecule has 2 heterocycles. The summed E-state index contributed by atoms with van der Waals surface area (Å²) in [5, 5.41) is 10.5. The number of piperidine rings is 1. The number of hydrogen-bond donors (Lipinski definition) is 1. The molecular formula is C16H26N2O2S. The van der Waals surface area contributed by atoms with Gasteiger partial charge in [0.05, 0.1) is 23.8 Å². The van der Waals surface area contributed by atoms with Crippen LogP contribution in [0.1, 0.15) is 55.5 Å². The van der Waals surface area contributed by atoms with E-state index in [0.29, 0.717) is 12.0 Å². The van der Waals surface area contributed by atoms with E-state index < -0.39 is 0 Å². The number of hydrogen-bond acceptors (Lipinski definition) is 5. The zero-order chi connectivity index (χ0) is 14.7. The molecule has 1 aliphatic heterocycles. The van der Waals surface area contributed by atoms with Crippen molar-refractivity contribution < 1.29 is 9.84 Å². The van der Waals surface area contributed by atoms with Gasteiger partial charge in [0.15, 0.2) is 5.13 Å². The Morgan fingerprint density at radius 1 is 1.19 bits per heavy atom. The molecule has 2 aliphatic rings. The SMILES string of the molecule is COCc1nc(N2CCC3(CCCCC3)CC2)sc1CO. The summed E-state index contributed by atoms with van der Waals surface area (Å²) >= 11 is 1.63. The van der Waals surface area contributed by atoms with Crippen LogP contribution in [-0.4, -0.2) is 30.3 Å². The molecule has 0 aromatic carbocycles. The Bertz CT molecular complexity index is 459. The highest BCUT2D eigenvalue weighted by Crippen LogP contribution is 2.45. The first-order valence-corrected chi connectivity index (χ1v) is 8.91. The molecule has 0 amide bonds. The average Bonchev–Trinajstić information content (AvgIpc) is 2.92. The molecule has 1 saturated heterocycles. The predicted molar refractivity (Wildman–Crippen MR) is 85.7 cm³/mol. The van der Waals surface area contributed by atoms with Crippen molar-refractivity contribution in [3.63, 3.8) is 0 Å². The minimum absolute atomic E-state index is 0.0636. The van der Waals surface area contributed by atoms with Crippen LogP contribution in [-0.2, 0) is 18.0 Å². The molecule has 4 nitrogen and oxygen atoms in total. The van der Waals surface area contributed by atoms with Crippen molar-refractivity contribution in [2.75, 3.05) is 25.1 Å². The van der Waals surface area contributed by atoms with Gasteiger partial charge in [-0.15, -0.1) is 0 Å². The molecular weight excluding hydrogens is 284 g/mol. The summed E-state index contributed by atoms with van der Waals surface area (Å²) in [6, 6.07) is 0. The third kappa shape index (κ3) is 3.25. The maximum absolute atomic E-state index is 9.45. The van der Waals surface area contributed by atoms with E-state index in [1.807, 2.05) is 0 Å². The van der Waals surface area contributed by atoms with Crippen molar-refractivity contribution >= 4 is 16.5 Å². The van der Waals surface area contributed by atoms with Crippen molar-refractivity contribution in [1.29, 1.82) is 0 Å². The number of aromatic nitrogens is 1. The normalized spacial score (nSPS) is 21.9. The molecule has 1 aromatic heterocycles. The third-order valence-electron chi connectivity index (χ3n) is 5.20. The van der Waals surface area contributed by atoms with Crippen molar-refractivity contribution in [3.8, 4) is 0 Å². The Morgan fingerprint density at radius 2 is 1.90 bits per heavy atom. The van der Waals surface area contributed by atoms with E-state index in [2.05, 4.69) is 9.88 Å². The molecule has 0 bridgehead atoms. The highest BCUT2D eigenvalue weighted by Gasteiger charge is 2.36. The second-order valence-electron chi connectivity index (χ2n) is 6.51. The fourth-order valence-electron chi connectivity index (χ4n) is 3.85. The first-order valence-electron chi connectivity index (χ1n) is 8.10. The summed E-state index contributed by atoms with van der Waals surface area (Å²) in [6.45, 7) is 2.79. The summed E-state index contributed by atoms with van der Waals surface area (Å²) in [5.74, 6) is 0. The number of anilines is 1. The fraction of sp³-hybridized carbons (Fsp3) is 0.812. The van der Waals surface area contributed by atoms with Crippen LogP contribution in [0.4, 0.5) is 5.13 Å². The van der Waals surface area contributed by atoms with Gasteiger partial charge >= 0.3 is 0 Å². The van der Waals surface area contributed by atoms with Crippen LogP contribution in [0.5, 0.6) is 0 Å². The lowest BCUT2D eigenvalue weighted by atomic mass is 9.68. The van der Waals surface area contributed by atoms with E-state index in [4.69, 9.17) is 4.74 Å². The smallest absolute Gasteiger partial charge is 0.185 e. The second kappa shape index (κ2) is 6.63. The molecule has 1 aliphatic carbocycles. The fourth-order valence-corrected chi connectivity index (χ4v) is 4.83. The zero-order valence-corrected chi connectivity index (χ0v) is 13.8. The van der Waals surface area contributed by atoms with E-state index in [-0.39, 0.29) is 6.61 Å². The van der Waals surface area contributed by atoms with E-state index in [1.165, 1.54) is 44.9 Å². The largest absolute Gasteiger partial charge is 0.391 e. The highest BCUT2D eigenvalue weighted by atomic mass is 32.1. The number of thiazole rings is 1. The number of rotatable bonds is 4. The van der Waals surface area contributed by atoms with Crippen molar-refractivity contribution in [2.45, 2.75) is 58.2 Å². The molecule has 0 atom stereocenters. The van der Waals surface area contributed by atoms with Crippen LogP contribution in [0, 0.1) is 5.41 Å². The lowest BCUT2D eigenvalue weighted by Gasteiger charge is -2.44. The molecule has 1 saturated carbocycles. The zero-order valence-electron chi connectivity index (χ0n) is 12.9. The van der Waals surface area contributed by atoms with Gasteiger partial charge in [-0.25, -0.2) is 4.98 Å². The molecule has 1 N–H and O–H groups in total. The number of methoxy groups -OCH3 is 1. The topological polar surface area (TPSA) is 45.6 Å². The quantitative estimate of drug-likeness (QED) is 0.926. The third-order valence-corrected chi connectivity index (χ3v) is 6.34. The van der Waals surface area contributed by atoms with Gasteiger partial charge in [-0.05, 0) is 31.1 Å². The van der Waals surface area contributed by atoms with Gasteiger partial charge in [-0.2, -0.15) is 0 Å². The number of nitrogens with zero attached hydrogens (tertiary/aromatic N) is 2. The van der Waals surface area contributed by atoms with Crippen molar-refractivity contribution in [3.05, 3.63) is 10.6 Å². The Hall–Kier alpha value is -0.650. The average molecular weight is 310 g/mol. The second-order valence-corrected chi connectivity index (χ2v) is 7.57. The number of ether oxygens (including phenoxy) is 1. The molecule has 0 unspecified atom stereocenters. The van der Waals surface area contributed by atoms with Gasteiger partial charge in [-0.3, -0.25) is 0 Å². The van der Waals surface area contributed by atoms with Gasteiger partial charge in [0, 0.05) is 20.2 Å². The minimum Gasteiger partial charge on any atom is -0.391 e. The number of aliphatic hydroxyl groups is 1. The van der Waals surface area contributed by atoms with Crippen LogP contribution >= 0.6 is 11.3 Å². The molecule has 21 heavy (non-hydrogen) atoms. The van der Waals surface area contributed by atoms with Gasteiger partial charge in [0.1, 0.15) is 0 Å². The summed E-state index contributed by atoms with van der Waals surface area (Å²) < 4.78 is 5.18. The maximum Gasteiger partial charge on any atom is 0.185 e. The van der Waals surface area contributed by atoms with Crippen molar-refractivity contribution in [1.82, 2.24) is 4.98 Å². The first-order chi connectivity index (χ1) is 10.3. The standard InChI is InChI=1S/C16H26N2O2S/c1-20-12-13-14(11-19)21-15(17-13)18-9-7-16(8-10-18)5-3-2-4-6-16/h19H,2-12H2,1H3. The summed E-state index contributed by atoms with van der Waals surface area (Å²) in [7, 11) is 1.67. The van der Waals surface area contributed by atoms with E-state index in [9.17, 15) is 5.11 Å². The van der Waals surface area contributed by atoms with E-state index in [1.54, 1.807) is 18.4 Å². The van der Waals surface area contributed by atoms with Gasteiger partial charge in [0.2, 0.25) is 0 Å². The number of aliphatic hydroxyl groups excluding tert-OH is 1. The molecule has 2 fully saturated rings. The van der Waals surface area contributed by atoms with Crippen LogP contribution in [0.3, 0.4) is 0 Å². The molecule has 1 aromatic rings. The predicted octanol–water partition coefficient (Wildman–Crippen LogP) is 3.33. The van der Waals surface area contributed by atoms with Crippen LogP contribution in [0.15, 0.2) is 0 Å². The molecule has 118 valence electrons. The molecule has 5 heteroatoms. The Balaban J connectivity index is 1.66. The summed E-state index contributed by atoms with van der Waals surface area (Å²) in [4.78, 5) is 8.04. The van der Waals surface area contributed by atoms with Crippen LogP contribution in [0.25, 0.3) is 0 Å². The Labute approximate surface area is 131 Å². The van der Waals surface area contributed by atoms with E-state index >= 15 is 0 Å². The van der Waals surface area contributed by atoms with Gasteiger partial charge < -0.3 is 14.7 Å². The van der Waals surface area contributed by atoms with Crippen LogP contribution < -0.4 is 4.90 Å². The van der Waals surface area contributed by atoms with E-state index in [0.717, 1.165) is 28.8 Å². The van der Waals surface area contributed by atoms with Gasteiger partial charge in [0.25, 0.3) is 0 Å². The molecule has 0 radical (unpaired) electrons. The molecule has 1 spiro atoms. The summed E-state index contributed by atoms with van der Waals surface area (Å²) in [5.41, 5.74) is 1.53. The maximum atomic E-state index is 9.45. The Morgan fingerprint density at radius 3 is 2.52 bits per heavy atom. The van der Waals surface area contributed by atoms with Gasteiger partial charge in [-0.1, -0.05) is 30.6 Å². The molecule has 3 rings (SSSR count). The lowest BCUT2D eigenvalue weighted by Crippen LogP contribution is -2.41. The van der Waals surface area contributed by atoms with Crippen LogP contribution in [0.2, 0.25) is 0 Å². The monoisotopic (exact) mass is 310 g/mol. The first kappa shape index (κ1) is 15.3.